The lowest BCUT2D eigenvalue weighted by atomic mass is 10.2. The molecule has 0 spiro atoms. The Hall–Kier alpha value is -2.71. The van der Waals surface area contributed by atoms with Crippen LogP contribution in [0.2, 0.25) is 5.02 Å². The van der Waals surface area contributed by atoms with Crippen LogP contribution in [0.15, 0.2) is 40.2 Å². The maximum Gasteiger partial charge on any atom is 0.312 e. The predicted octanol–water partition coefficient (Wildman–Crippen LogP) is 3.48. The van der Waals surface area contributed by atoms with Gasteiger partial charge in [-0.15, -0.1) is 11.3 Å². The molecule has 1 N–H and O–H groups in total. The number of rotatable bonds is 6. The maximum atomic E-state index is 11.9. The van der Waals surface area contributed by atoms with Gasteiger partial charge < -0.3 is 14.6 Å². The SMILES string of the molecule is Cc1cc(NC(=O)COC(=O)Cc2csc(-c3cccc(Cl)c3)n2)no1. The zero-order valence-corrected chi connectivity index (χ0v) is 15.3. The van der Waals surface area contributed by atoms with Gasteiger partial charge in [-0.25, -0.2) is 4.98 Å². The average Bonchev–Trinajstić information content (AvgIpc) is 3.22. The van der Waals surface area contributed by atoms with Crippen molar-refractivity contribution >= 4 is 40.6 Å². The second-order valence-corrected chi connectivity index (χ2v) is 6.66. The third kappa shape index (κ3) is 4.90. The Morgan fingerprint density at radius 1 is 1.35 bits per heavy atom. The van der Waals surface area contributed by atoms with Crippen molar-refractivity contribution in [2.75, 3.05) is 11.9 Å². The van der Waals surface area contributed by atoms with Crippen LogP contribution in [0.3, 0.4) is 0 Å². The van der Waals surface area contributed by atoms with Crippen molar-refractivity contribution in [1.82, 2.24) is 10.1 Å². The number of thiazole rings is 1. The lowest BCUT2D eigenvalue weighted by Gasteiger charge is -2.03. The van der Waals surface area contributed by atoms with E-state index in [1.165, 1.54) is 11.3 Å². The number of halogens is 1. The smallest absolute Gasteiger partial charge is 0.312 e. The Labute approximate surface area is 157 Å². The van der Waals surface area contributed by atoms with E-state index in [0.717, 1.165) is 10.6 Å². The highest BCUT2D eigenvalue weighted by molar-refractivity contribution is 7.13. The van der Waals surface area contributed by atoms with Crippen LogP contribution in [0.4, 0.5) is 5.82 Å². The highest BCUT2D eigenvalue weighted by Crippen LogP contribution is 2.26. The van der Waals surface area contributed by atoms with Gasteiger partial charge in [0.25, 0.3) is 5.91 Å². The molecule has 0 fully saturated rings. The first kappa shape index (κ1) is 18.1. The molecule has 26 heavy (non-hydrogen) atoms. The van der Waals surface area contributed by atoms with Crippen LogP contribution in [-0.4, -0.2) is 28.6 Å². The van der Waals surface area contributed by atoms with E-state index in [0.29, 0.717) is 16.5 Å². The van der Waals surface area contributed by atoms with Crippen molar-refractivity contribution in [2.45, 2.75) is 13.3 Å². The predicted molar refractivity (Wildman–Crippen MR) is 97.1 cm³/mol. The third-order valence-electron chi connectivity index (χ3n) is 3.21. The van der Waals surface area contributed by atoms with Gasteiger partial charge in [-0.1, -0.05) is 28.9 Å². The van der Waals surface area contributed by atoms with Crippen LogP contribution >= 0.6 is 22.9 Å². The minimum absolute atomic E-state index is 0.0204. The van der Waals surface area contributed by atoms with E-state index in [1.54, 1.807) is 30.5 Å². The second kappa shape index (κ2) is 8.11. The molecule has 0 saturated heterocycles. The Morgan fingerprint density at radius 2 is 2.19 bits per heavy atom. The molecule has 0 aliphatic carbocycles. The van der Waals surface area contributed by atoms with Crippen LogP contribution in [0.25, 0.3) is 10.6 Å². The van der Waals surface area contributed by atoms with E-state index in [2.05, 4.69) is 15.5 Å². The molecule has 2 aromatic heterocycles. The fraction of sp³-hybridized carbons (Fsp3) is 0.176. The molecule has 0 saturated carbocycles. The van der Waals surface area contributed by atoms with Gasteiger partial charge in [0.05, 0.1) is 12.1 Å². The summed E-state index contributed by atoms with van der Waals surface area (Å²) < 4.78 is 9.78. The summed E-state index contributed by atoms with van der Waals surface area (Å²) in [5.74, 6) is -0.200. The molecular weight excluding hydrogens is 378 g/mol. The number of hydrogen-bond acceptors (Lipinski definition) is 7. The minimum atomic E-state index is -0.542. The molecule has 0 radical (unpaired) electrons. The number of ether oxygens (including phenoxy) is 1. The first-order chi connectivity index (χ1) is 12.5. The molecule has 0 bridgehead atoms. The number of anilines is 1. The molecule has 134 valence electrons. The van der Waals surface area contributed by atoms with E-state index in [9.17, 15) is 9.59 Å². The Bertz CT molecular complexity index is 937. The van der Waals surface area contributed by atoms with Crippen molar-refractivity contribution in [2.24, 2.45) is 0 Å². The molecule has 1 amide bonds. The van der Waals surface area contributed by atoms with Crippen LogP contribution in [0.1, 0.15) is 11.5 Å². The molecule has 2 heterocycles. The van der Waals surface area contributed by atoms with Crippen molar-refractivity contribution in [3.8, 4) is 10.6 Å². The van der Waals surface area contributed by atoms with Gasteiger partial charge in [0, 0.05) is 22.0 Å². The van der Waals surface area contributed by atoms with Gasteiger partial charge in [-0.2, -0.15) is 0 Å². The number of aryl methyl sites for hydroxylation is 1. The molecule has 3 rings (SSSR count). The van der Waals surface area contributed by atoms with Gasteiger partial charge in [0.15, 0.2) is 12.4 Å². The Morgan fingerprint density at radius 3 is 2.92 bits per heavy atom. The van der Waals surface area contributed by atoms with E-state index in [1.807, 2.05) is 12.1 Å². The summed E-state index contributed by atoms with van der Waals surface area (Å²) in [6.07, 6.45) is -0.0204. The number of benzene rings is 1. The fourth-order valence-corrected chi connectivity index (χ4v) is 3.10. The maximum absolute atomic E-state index is 11.9. The molecule has 0 atom stereocenters. The zero-order chi connectivity index (χ0) is 18.5. The van der Waals surface area contributed by atoms with E-state index >= 15 is 0 Å². The van der Waals surface area contributed by atoms with Gasteiger partial charge in [0.1, 0.15) is 10.8 Å². The average molecular weight is 392 g/mol. The van der Waals surface area contributed by atoms with Gasteiger partial charge >= 0.3 is 5.97 Å². The molecule has 9 heteroatoms. The number of amides is 1. The lowest BCUT2D eigenvalue weighted by Crippen LogP contribution is -2.21. The molecule has 0 aliphatic rings. The third-order valence-corrected chi connectivity index (χ3v) is 4.38. The number of esters is 1. The van der Waals surface area contributed by atoms with E-state index < -0.39 is 18.5 Å². The quantitative estimate of drug-likeness (QED) is 0.646. The summed E-state index contributed by atoms with van der Waals surface area (Å²) in [7, 11) is 0. The fourth-order valence-electron chi connectivity index (χ4n) is 2.09. The molecule has 1 aromatic carbocycles. The van der Waals surface area contributed by atoms with Gasteiger partial charge in [0.2, 0.25) is 0 Å². The molecule has 3 aromatic rings. The molecule has 7 nitrogen and oxygen atoms in total. The topological polar surface area (TPSA) is 94.3 Å². The summed E-state index contributed by atoms with van der Waals surface area (Å²) in [4.78, 5) is 28.0. The standard InChI is InChI=1S/C17H14ClN3O4S/c1-10-5-14(21-25-10)20-15(22)8-24-16(23)7-13-9-26-17(19-13)11-3-2-4-12(18)6-11/h2-6,9H,7-8H2,1H3,(H,20,21,22). The summed E-state index contributed by atoms with van der Waals surface area (Å²) in [5.41, 5.74) is 1.45. The van der Waals surface area contributed by atoms with Gasteiger partial charge in [-0.05, 0) is 19.1 Å². The van der Waals surface area contributed by atoms with E-state index in [4.69, 9.17) is 20.9 Å². The lowest BCUT2D eigenvalue weighted by molar-refractivity contribution is -0.146. The highest BCUT2D eigenvalue weighted by atomic mass is 35.5. The number of nitrogens with one attached hydrogen (secondary N) is 1. The number of hydrogen-bond donors (Lipinski definition) is 1. The second-order valence-electron chi connectivity index (χ2n) is 5.36. The highest BCUT2D eigenvalue weighted by Gasteiger charge is 2.13. The summed E-state index contributed by atoms with van der Waals surface area (Å²) >= 11 is 7.38. The molecule has 0 unspecified atom stereocenters. The minimum Gasteiger partial charge on any atom is -0.455 e. The van der Waals surface area contributed by atoms with Gasteiger partial charge in [-0.3, -0.25) is 9.59 Å². The Balaban J connectivity index is 1.50. The van der Waals surface area contributed by atoms with Crippen molar-refractivity contribution in [1.29, 1.82) is 0 Å². The van der Waals surface area contributed by atoms with Crippen molar-refractivity contribution < 1.29 is 18.8 Å². The van der Waals surface area contributed by atoms with E-state index in [-0.39, 0.29) is 12.2 Å². The first-order valence-electron chi connectivity index (χ1n) is 7.59. The number of carbonyl (C=O) groups is 2. The summed E-state index contributed by atoms with van der Waals surface area (Å²) in [6.45, 7) is 1.30. The Kier molecular flexibility index (Phi) is 5.65. The number of carbonyl (C=O) groups excluding carboxylic acids is 2. The largest absolute Gasteiger partial charge is 0.455 e. The van der Waals surface area contributed by atoms with Crippen LogP contribution < -0.4 is 5.32 Å². The molecular formula is C17H14ClN3O4S. The normalized spacial score (nSPS) is 10.5. The van der Waals surface area contributed by atoms with Crippen LogP contribution in [0, 0.1) is 6.92 Å². The molecule has 0 aliphatic heterocycles. The summed E-state index contributed by atoms with van der Waals surface area (Å²) in [5, 5.41) is 9.24. The van der Waals surface area contributed by atoms with Crippen molar-refractivity contribution in [3.05, 3.63) is 52.2 Å². The van der Waals surface area contributed by atoms with Crippen LogP contribution in [0.5, 0.6) is 0 Å². The van der Waals surface area contributed by atoms with Crippen LogP contribution in [-0.2, 0) is 20.7 Å². The first-order valence-corrected chi connectivity index (χ1v) is 8.84. The zero-order valence-electron chi connectivity index (χ0n) is 13.7. The summed E-state index contributed by atoms with van der Waals surface area (Å²) in [6, 6.07) is 8.87. The van der Waals surface area contributed by atoms with Crippen molar-refractivity contribution in [3.63, 3.8) is 0 Å². The number of aromatic nitrogens is 2. The monoisotopic (exact) mass is 391 g/mol. The number of nitrogens with zero attached hydrogens (tertiary/aromatic N) is 2.